The van der Waals surface area contributed by atoms with Crippen LogP contribution in [0.5, 0.6) is 0 Å². The number of hydrogen-bond donors (Lipinski definition) is 0. The van der Waals surface area contributed by atoms with Gasteiger partial charge in [-0.3, -0.25) is 0 Å². The van der Waals surface area contributed by atoms with Crippen molar-refractivity contribution in [1.29, 1.82) is 0 Å². The Morgan fingerprint density at radius 3 is 2.54 bits per heavy atom. The quantitative estimate of drug-likeness (QED) is 0.566. The van der Waals surface area contributed by atoms with Crippen molar-refractivity contribution in [2.45, 2.75) is 6.92 Å². The Labute approximate surface area is 72.4 Å². The molecule has 1 aromatic carbocycles. The Morgan fingerprint density at radius 1 is 1.08 bits per heavy atom. The second-order valence-corrected chi connectivity index (χ2v) is 2.68. The molecule has 4 nitrogen and oxygen atoms in total. The summed E-state index contributed by atoms with van der Waals surface area (Å²) < 4.78 is 9.47. The molecule has 0 radical (unpaired) electrons. The van der Waals surface area contributed by atoms with Gasteiger partial charge in [0.2, 0.25) is 0 Å². The van der Waals surface area contributed by atoms with Crippen LogP contribution in [0.2, 0.25) is 0 Å². The summed E-state index contributed by atoms with van der Waals surface area (Å²) in [5, 5.41) is 0. The molecule has 0 saturated heterocycles. The van der Waals surface area contributed by atoms with Crippen LogP contribution in [0.3, 0.4) is 0 Å². The highest BCUT2D eigenvalue weighted by Crippen LogP contribution is 2.13. The number of fused-ring (bicyclic) bond motifs is 1. The molecule has 0 aliphatic rings. The average Bonchev–Trinajstić information content (AvgIpc) is 2.09. The van der Waals surface area contributed by atoms with Crippen LogP contribution in [0.1, 0.15) is 5.56 Å². The average molecular weight is 178 g/mol. The third kappa shape index (κ3) is 1.16. The summed E-state index contributed by atoms with van der Waals surface area (Å²) in [7, 11) is 0. The summed E-state index contributed by atoms with van der Waals surface area (Å²) in [6.07, 6.45) is 0. The Hall–Kier alpha value is -1.84. The van der Waals surface area contributed by atoms with Crippen molar-refractivity contribution in [3.63, 3.8) is 0 Å². The van der Waals surface area contributed by atoms with Gasteiger partial charge in [-0.2, -0.15) is 0 Å². The minimum absolute atomic E-state index is 0.296. The SMILES string of the molecule is Cc1cccc2oc(=O)c(=O)oc12. The predicted octanol–water partition coefficient (Wildman–Crippen LogP) is 1.05. The van der Waals surface area contributed by atoms with Crippen LogP contribution in [0.25, 0.3) is 11.2 Å². The molecule has 0 aliphatic heterocycles. The van der Waals surface area contributed by atoms with E-state index in [9.17, 15) is 9.59 Å². The van der Waals surface area contributed by atoms with Gasteiger partial charge in [0.15, 0.2) is 11.2 Å². The summed E-state index contributed by atoms with van der Waals surface area (Å²) in [4.78, 5) is 21.6. The van der Waals surface area contributed by atoms with Crippen molar-refractivity contribution >= 4 is 11.2 Å². The van der Waals surface area contributed by atoms with Crippen LogP contribution in [0, 0.1) is 6.92 Å². The van der Waals surface area contributed by atoms with Gasteiger partial charge in [0, 0.05) is 0 Å². The van der Waals surface area contributed by atoms with Gasteiger partial charge in [0.05, 0.1) is 0 Å². The van der Waals surface area contributed by atoms with Gasteiger partial charge in [-0.15, -0.1) is 0 Å². The zero-order valence-corrected chi connectivity index (χ0v) is 6.87. The second-order valence-electron chi connectivity index (χ2n) is 2.68. The molecule has 66 valence electrons. The fourth-order valence-electron chi connectivity index (χ4n) is 1.11. The summed E-state index contributed by atoms with van der Waals surface area (Å²) in [5.41, 5.74) is -0.560. The van der Waals surface area contributed by atoms with Gasteiger partial charge in [-0.05, 0) is 18.6 Å². The standard InChI is InChI=1S/C9H6O4/c1-5-3-2-4-6-7(5)13-9(11)8(10)12-6/h2-4H,1H3. The molecule has 4 heteroatoms. The van der Waals surface area contributed by atoms with Crippen molar-refractivity contribution in [1.82, 2.24) is 0 Å². The van der Waals surface area contributed by atoms with Crippen LogP contribution in [0.4, 0.5) is 0 Å². The molecule has 1 aromatic heterocycles. The van der Waals surface area contributed by atoms with E-state index >= 15 is 0 Å². The Morgan fingerprint density at radius 2 is 1.77 bits per heavy atom. The Balaban J connectivity index is 3.06. The Bertz CT molecular complexity index is 562. The van der Waals surface area contributed by atoms with Crippen LogP contribution in [-0.4, -0.2) is 0 Å². The molecule has 0 saturated carbocycles. The number of rotatable bonds is 0. The van der Waals surface area contributed by atoms with Crippen molar-refractivity contribution in [2.24, 2.45) is 0 Å². The van der Waals surface area contributed by atoms with Crippen molar-refractivity contribution in [3.8, 4) is 0 Å². The molecule has 0 N–H and O–H groups in total. The molecular weight excluding hydrogens is 172 g/mol. The fraction of sp³-hybridized carbons (Fsp3) is 0.111. The highest BCUT2D eigenvalue weighted by molar-refractivity contribution is 5.72. The van der Waals surface area contributed by atoms with Crippen molar-refractivity contribution < 1.29 is 8.83 Å². The first-order valence-electron chi connectivity index (χ1n) is 3.72. The molecule has 0 atom stereocenters. The van der Waals surface area contributed by atoms with Crippen LogP contribution in [0.15, 0.2) is 36.6 Å². The van der Waals surface area contributed by atoms with Crippen molar-refractivity contribution in [2.75, 3.05) is 0 Å². The zero-order valence-electron chi connectivity index (χ0n) is 6.87. The number of benzene rings is 1. The zero-order chi connectivity index (χ0) is 9.42. The van der Waals surface area contributed by atoms with E-state index in [4.69, 9.17) is 8.83 Å². The molecule has 1 heterocycles. The summed E-state index contributed by atoms with van der Waals surface area (Å²) >= 11 is 0. The topological polar surface area (TPSA) is 60.4 Å². The highest BCUT2D eigenvalue weighted by atomic mass is 16.5. The summed E-state index contributed by atoms with van der Waals surface area (Å²) in [5.74, 6) is 0. The molecule has 0 spiro atoms. The van der Waals surface area contributed by atoms with Gasteiger partial charge >= 0.3 is 11.3 Å². The maximum absolute atomic E-state index is 10.8. The van der Waals surface area contributed by atoms with Gasteiger partial charge in [0.1, 0.15) is 0 Å². The maximum atomic E-state index is 10.8. The van der Waals surface area contributed by atoms with E-state index in [1.165, 1.54) is 0 Å². The molecular formula is C9H6O4. The lowest BCUT2D eigenvalue weighted by Crippen LogP contribution is -2.21. The largest absolute Gasteiger partial charge is 0.423 e. The van der Waals surface area contributed by atoms with Gasteiger partial charge < -0.3 is 8.83 Å². The third-order valence-electron chi connectivity index (χ3n) is 1.74. The monoisotopic (exact) mass is 178 g/mol. The van der Waals surface area contributed by atoms with E-state index in [1.54, 1.807) is 25.1 Å². The number of hydrogen-bond acceptors (Lipinski definition) is 4. The first-order valence-corrected chi connectivity index (χ1v) is 3.72. The first-order chi connectivity index (χ1) is 6.18. The minimum Gasteiger partial charge on any atom is -0.414 e. The van der Waals surface area contributed by atoms with Gasteiger partial charge in [-0.1, -0.05) is 12.1 Å². The third-order valence-corrected chi connectivity index (χ3v) is 1.74. The number of aryl methyl sites for hydroxylation is 1. The van der Waals surface area contributed by atoms with E-state index < -0.39 is 11.3 Å². The van der Waals surface area contributed by atoms with E-state index in [-0.39, 0.29) is 0 Å². The highest BCUT2D eigenvalue weighted by Gasteiger charge is 2.05. The van der Waals surface area contributed by atoms with Crippen LogP contribution < -0.4 is 11.3 Å². The van der Waals surface area contributed by atoms with Crippen LogP contribution in [-0.2, 0) is 0 Å². The maximum Gasteiger partial charge on any atom is 0.423 e. The molecule has 0 fully saturated rings. The summed E-state index contributed by atoms with van der Waals surface area (Å²) in [6.45, 7) is 1.77. The fourth-order valence-corrected chi connectivity index (χ4v) is 1.11. The lowest BCUT2D eigenvalue weighted by atomic mass is 10.2. The summed E-state index contributed by atoms with van der Waals surface area (Å²) in [6, 6.07) is 5.07. The Kier molecular flexibility index (Phi) is 1.55. The predicted molar refractivity (Wildman–Crippen MR) is 45.8 cm³/mol. The molecule has 13 heavy (non-hydrogen) atoms. The lowest BCUT2D eigenvalue weighted by molar-refractivity contribution is 0.447. The molecule has 0 aliphatic carbocycles. The minimum atomic E-state index is -0.974. The van der Waals surface area contributed by atoms with E-state index in [2.05, 4.69) is 0 Å². The van der Waals surface area contributed by atoms with Crippen LogP contribution >= 0.6 is 0 Å². The smallest absolute Gasteiger partial charge is 0.414 e. The molecule has 0 bridgehead atoms. The van der Waals surface area contributed by atoms with Gasteiger partial charge in [0.25, 0.3) is 0 Å². The van der Waals surface area contributed by atoms with E-state index in [0.29, 0.717) is 11.2 Å². The van der Waals surface area contributed by atoms with Gasteiger partial charge in [-0.25, -0.2) is 9.59 Å². The molecule has 2 aromatic rings. The van der Waals surface area contributed by atoms with E-state index in [0.717, 1.165) is 5.56 Å². The molecule has 0 amide bonds. The molecule has 0 unspecified atom stereocenters. The van der Waals surface area contributed by atoms with E-state index in [1.807, 2.05) is 0 Å². The first kappa shape index (κ1) is 7.79. The number of para-hydroxylation sites is 1. The molecule has 2 rings (SSSR count). The van der Waals surface area contributed by atoms with Crippen molar-refractivity contribution in [3.05, 3.63) is 44.6 Å². The normalized spacial score (nSPS) is 10.5. The lowest BCUT2D eigenvalue weighted by Gasteiger charge is -1.95. The second kappa shape index (κ2) is 2.58.